The average Bonchev–Trinajstić information content (AvgIpc) is 2.01. The highest BCUT2D eigenvalue weighted by atomic mass is 35.5. The highest BCUT2D eigenvalue weighted by molar-refractivity contribution is 6.17. The van der Waals surface area contributed by atoms with E-state index < -0.39 is 12.6 Å². The first-order chi connectivity index (χ1) is 5.99. The highest BCUT2D eigenvalue weighted by Crippen LogP contribution is 2.18. The Morgan fingerprint density at radius 3 is 2.38 bits per heavy atom. The largest absolute Gasteiger partial charge is 0.390 e. The summed E-state index contributed by atoms with van der Waals surface area (Å²) in [5.74, 6) is 0.484. The first-order valence-corrected chi connectivity index (χ1v) is 4.89. The summed E-state index contributed by atoms with van der Waals surface area (Å²) in [7, 11) is 0. The second kappa shape index (κ2) is 6.49. The van der Waals surface area contributed by atoms with E-state index in [0.29, 0.717) is 5.88 Å². The number of nitrogens with one attached hydrogen (secondary N) is 1. The van der Waals surface area contributed by atoms with E-state index in [-0.39, 0.29) is 12.6 Å². The van der Waals surface area contributed by atoms with Gasteiger partial charge in [0.1, 0.15) is 0 Å². The van der Waals surface area contributed by atoms with Gasteiger partial charge in [0.05, 0.1) is 6.42 Å². The van der Waals surface area contributed by atoms with E-state index in [1.54, 1.807) is 0 Å². The monoisotopic (exact) mass is 217 g/mol. The van der Waals surface area contributed by atoms with Gasteiger partial charge in [-0.2, -0.15) is 13.2 Å². The Bertz CT molecular complexity index is 127. The molecule has 1 atom stereocenters. The number of rotatable bonds is 6. The van der Waals surface area contributed by atoms with Gasteiger partial charge in [0.2, 0.25) is 0 Å². The van der Waals surface area contributed by atoms with Gasteiger partial charge in [-0.3, -0.25) is 0 Å². The van der Waals surface area contributed by atoms with Crippen LogP contribution >= 0.6 is 11.6 Å². The Kier molecular flexibility index (Phi) is 6.51. The van der Waals surface area contributed by atoms with E-state index in [9.17, 15) is 13.2 Å². The Labute approximate surface area is 81.6 Å². The summed E-state index contributed by atoms with van der Waals surface area (Å²) in [4.78, 5) is 0. The Morgan fingerprint density at radius 1 is 1.38 bits per heavy atom. The van der Waals surface area contributed by atoms with Crippen LogP contribution in [0.5, 0.6) is 0 Å². The van der Waals surface area contributed by atoms with Crippen molar-refractivity contribution in [1.82, 2.24) is 5.32 Å². The summed E-state index contributed by atoms with van der Waals surface area (Å²) in [6.07, 6.45) is -3.31. The van der Waals surface area contributed by atoms with Crippen molar-refractivity contribution in [1.29, 1.82) is 0 Å². The summed E-state index contributed by atoms with van der Waals surface area (Å²) >= 11 is 5.48. The van der Waals surface area contributed by atoms with E-state index >= 15 is 0 Å². The van der Waals surface area contributed by atoms with E-state index in [1.165, 1.54) is 0 Å². The van der Waals surface area contributed by atoms with Gasteiger partial charge in [-0.05, 0) is 12.8 Å². The van der Waals surface area contributed by atoms with E-state index in [2.05, 4.69) is 5.32 Å². The van der Waals surface area contributed by atoms with Gasteiger partial charge in [-0.25, -0.2) is 0 Å². The lowest BCUT2D eigenvalue weighted by molar-refractivity contribution is -0.133. The summed E-state index contributed by atoms with van der Waals surface area (Å²) in [5.41, 5.74) is 0. The number of alkyl halides is 4. The highest BCUT2D eigenvalue weighted by Gasteiger charge is 2.26. The van der Waals surface area contributed by atoms with Gasteiger partial charge in [0.15, 0.2) is 0 Å². The molecule has 13 heavy (non-hydrogen) atoms. The second-order valence-electron chi connectivity index (χ2n) is 2.90. The van der Waals surface area contributed by atoms with Crippen LogP contribution < -0.4 is 5.32 Å². The summed E-state index contributed by atoms with van der Waals surface area (Å²) < 4.78 is 35.2. The minimum absolute atomic E-state index is 0.0150. The molecule has 0 saturated heterocycles. The molecule has 0 amide bonds. The second-order valence-corrected chi connectivity index (χ2v) is 3.28. The predicted molar refractivity (Wildman–Crippen MR) is 48.1 cm³/mol. The average molecular weight is 218 g/mol. The van der Waals surface area contributed by atoms with E-state index in [0.717, 1.165) is 12.8 Å². The van der Waals surface area contributed by atoms with Gasteiger partial charge in [-0.15, -0.1) is 11.6 Å². The van der Waals surface area contributed by atoms with Crippen LogP contribution in [0.4, 0.5) is 13.2 Å². The van der Waals surface area contributed by atoms with Gasteiger partial charge >= 0.3 is 6.18 Å². The molecule has 1 N–H and O–H groups in total. The zero-order valence-corrected chi connectivity index (χ0v) is 8.38. The Hall–Kier alpha value is 0.0400. The number of hydrogen-bond acceptors (Lipinski definition) is 1. The van der Waals surface area contributed by atoms with Crippen molar-refractivity contribution in [3.05, 3.63) is 0 Å². The van der Waals surface area contributed by atoms with Crippen LogP contribution in [-0.2, 0) is 0 Å². The third-order valence-electron chi connectivity index (χ3n) is 1.79. The van der Waals surface area contributed by atoms with Crippen LogP contribution in [0.3, 0.4) is 0 Å². The lowest BCUT2D eigenvalue weighted by Crippen LogP contribution is -2.32. The molecule has 80 valence electrons. The first-order valence-electron chi connectivity index (χ1n) is 4.35. The topological polar surface area (TPSA) is 12.0 Å². The summed E-state index contributed by atoms with van der Waals surface area (Å²) in [6, 6.07) is 0.111. The maximum absolute atomic E-state index is 11.7. The van der Waals surface area contributed by atoms with Crippen molar-refractivity contribution >= 4 is 11.6 Å². The molecule has 0 fully saturated rings. The molecular formula is C8H15ClF3N. The van der Waals surface area contributed by atoms with E-state index in [4.69, 9.17) is 11.6 Å². The molecule has 0 aromatic rings. The maximum atomic E-state index is 11.7. The smallest absolute Gasteiger partial charge is 0.314 e. The molecule has 0 aromatic heterocycles. The molecule has 0 spiro atoms. The van der Waals surface area contributed by atoms with Crippen molar-refractivity contribution < 1.29 is 13.2 Å². The van der Waals surface area contributed by atoms with Crippen molar-refractivity contribution in [3.8, 4) is 0 Å². The molecular weight excluding hydrogens is 203 g/mol. The molecule has 0 aliphatic rings. The van der Waals surface area contributed by atoms with Crippen LogP contribution in [0.1, 0.15) is 26.2 Å². The number of halogens is 4. The van der Waals surface area contributed by atoms with E-state index in [1.807, 2.05) is 6.92 Å². The van der Waals surface area contributed by atoms with Crippen molar-refractivity contribution in [2.24, 2.45) is 0 Å². The van der Waals surface area contributed by atoms with Gasteiger partial charge in [0, 0.05) is 18.5 Å². The first kappa shape index (κ1) is 13.0. The quantitative estimate of drug-likeness (QED) is 0.675. The van der Waals surface area contributed by atoms with Crippen molar-refractivity contribution in [2.75, 3.05) is 12.4 Å². The zero-order valence-electron chi connectivity index (χ0n) is 7.62. The van der Waals surface area contributed by atoms with Gasteiger partial charge < -0.3 is 5.32 Å². The normalized spacial score (nSPS) is 14.5. The molecule has 0 aliphatic heterocycles. The molecule has 1 nitrogen and oxygen atoms in total. The number of hydrogen-bond donors (Lipinski definition) is 1. The lowest BCUT2D eigenvalue weighted by Gasteiger charge is -2.16. The molecule has 0 saturated carbocycles. The van der Waals surface area contributed by atoms with Crippen LogP contribution in [0, 0.1) is 0 Å². The molecule has 5 heteroatoms. The fourth-order valence-corrected chi connectivity index (χ4v) is 1.26. The molecule has 0 radical (unpaired) electrons. The summed E-state index contributed by atoms with van der Waals surface area (Å²) in [5, 5.41) is 2.82. The molecule has 0 aromatic carbocycles. The minimum Gasteiger partial charge on any atom is -0.314 e. The van der Waals surface area contributed by atoms with Crippen LogP contribution in [0.15, 0.2) is 0 Å². The lowest BCUT2D eigenvalue weighted by atomic mass is 10.1. The van der Waals surface area contributed by atoms with Gasteiger partial charge in [0.25, 0.3) is 0 Å². The Morgan fingerprint density at radius 2 is 2.00 bits per heavy atom. The molecule has 0 heterocycles. The maximum Gasteiger partial charge on any atom is 0.390 e. The van der Waals surface area contributed by atoms with Crippen molar-refractivity contribution in [2.45, 2.75) is 38.4 Å². The zero-order chi connectivity index (χ0) is 10.3. The molecule has 1 unspecified atom stereocenters. The summed E-state index contributed by atoms with van der Waals surface area (Å²) in [6.45, 7) is 1.91. The molecule has 0 bridgehead atoms. The fourth-order valence-electron chi connectivity index (χ4n) is 1.00. The predicted octanol–water partition coefficient (Wildman–Crippen LogP) is 2.94. The SMILES string of the molecule is CCC(CCCl)NCCC(F)(F)F. The van der Waals surface area contributed by atoms with Crippen molar-refractivity contribution in [3.63, 3.8) is 0 Å². The minimum atomic E-state index is -4.06. The molecule has 0 rings (SSSR count). The fraction of sp³-hybridized carbons (Fsp3) is 1.00. The van der Waals surface area contributed by atoms with Crippen LogP contribution in [-0.4, -0.2) is 24.6 Å². The van der Waals surface area contributed by atoms with Crippen LogP contribution in [0.25, 0.3) is 0 Å². The third-order valence-corrected chi connectivity index (χ3v) is 2.01. The Balaban J connectivity index is 3.49. The molecule has 0 aliphatic carbocycles. The van der Waals surface area contributed by atoms with Gasteiger partial charge in [-0.1, -0.05) is 6.92 Å². The third kappa shape index (κ3) is 8.37. The standard InChI is InChI=1S/C8H15ClF3N/c1-2-7(3-5-9)13-6-4-8(10,11)12/h7,13H,2-6H2,1H3. The van der Waals surface area contributed by atoms with Crippen LogP contribution in [0.2, 0.25) is 0 Å².